The van der Waals surface area contributed by atoms with Gasteiger partial charge in [0.1, 0.15) is 11.9 Å². The van der Waals surface area contributed by atoms with E-state index in [1.54, 1.807) is 11.3 Å². The molecule has 2 N–H and O–H groups in total. The third kappa shape index (κ3) is 5.51. The predicted molar refractivity (Wildman–Crippen MR) is 160 cm³/mol. The van der Waals surface area contributed by atoms with Gasteiger partial charge in [-0.05, 0) is 79.6 Å². The Morgan fingerprint density at radius 1 is 1.07 bits per heavy atom. The van der Waals surface area contributed by atoms with Crippen molar-refractivity contribution in [3.05, 3.63) is 70.4 Å². The van der Waals surface area contributed by atoms with Crippen LogP contribution in [0.15, 0.2) is 60.0 Å². The van der Waals surface area contributed by atoms with Crippen molar-refractivity contribution in [2.24, 2.45) is 0 Å². The highest BCUT2D eigenvalue weighted by molar-refractivity contribution is 7.10. The van der Waals surface area contributed by atoms with Gasteiger partial charge in [0.15, 0.2) is 0 Å². The topological polar surface area (TPSA) is 88.7 Å². The number of benzene rings is 2. The number of ether oxygens (including phenoxy) is 3. The molecule has 0 bridgehead atoms. The van der Waals surface area contributed by atoms with E-state index in [1.807, 2.05) is 30.3 Å². The molecule has 3 aliphatic rings. The lowest BCUT2D eigenvalue weighted by atomic mass is 9.78. The van der Waals surface area contributed by atoms with Crippen molar-refractivity contribution in [1.82, 2.24) is 20.4 Å². The summed E-state index contributed by atoms with van der Waals surface area (Å²) in [7, 11) is 0. The van der Waals surface area contributed by atoms with E-state index >= 15 is 0 Å². The molecule has 5 heterocycles. The molecule has 4 aromatic rings. The number of thiophene rings is 1. The molecule has 0 unspecified atom stereocenters. The van der Waals surface area contributed by atoms with Gasteiger partial charge >= 0.3 is 0 Å². The Morgan fingerprint density at radius 3 is 2.59 bits per heavy atom. The smallest absolute Gasteiger partial charge is 0.251 e. The molecule has 1 amide bonds. The second-order valence-electron chi connectivity index (χ2n) is 11.5. The summed E-state index contributed by atoms with van der Waals surface area (Å²) < 4.78 is 17.3. The van der Waals surface area contributed by atoms with E-state index in [0.717, 1.165) is 93.1 Å². The predicted octanol–water partition coefficient (Wildman–Crippen LogP) is 5.01. The third-order valence-electron chi connectivity index (χ3n) is 8.95. The van der Waals surface area contributed by atoms with Crippen LogP contribution >= 0.6 is 11.3 Å². The van der Waals surface area contributed by atoms with Gasteiger partial charge in [0.2, 0.25) is 0 Å². The van der Waals surface area contributed by atoms with Crippen LogP contribution in [0.25, 0.3) is 22.2 Å². The molecule has 8 nitrogen and oxygen atoms in total. The summed E-state index contributed by atoms with van der Waals surface area (Å²) in [6, 6.07) is 18.7. The summed E-state index contributed by atoms with van der Waals surface area (Å²) in [4.78, 5) is 17.2. The Labute approximate surface area is 244 Å². The average molecular weight is 573 g/mol. The van der Waals surface area contributed by atoms with Crippen LogP contribution in [0.5, 0.6) is 5.75 Å². The molecule has 0 radical (unpaired) electrons. The molecule has 41 heavy (non-hydrogen) atoms. The second-order valence-corrected chi connectivity index (χ2v) is 12.4. The molecule has 0 spiro atoms. The quantitative estimate of drug-likeness (QED) is 0.309. The van der Waals surface area contributed by atoms with Crippen molar-refractivity contribution < 1.29 is 19.0 Å². The Kier molecular flexibility index (Phi) is 7.51. The summed E-state index contributed by atoms with van der Waals surface area (Å²) >= 11 is 1.76. The number of H-pyrrole nitrogens is 1. The van der Waals surface area contributed by atoms with Crippen molar-refractivity contribution in [2.75, 3.05) is 46.1 Å². The number of rotatable bonds is 8. The zero-order valence-electron chi connectivity index (χ0n) is 23.1. The molecule has 3 saturated heterocycles. The van der Waals surface area contributed by atoms with E-state index in [4.69, 9.17) is 14.2 Å². The minimum absolute atomic E-state index is 0.0684. The molecule has 3 fully saturated rings. The first-order valence-electron chi connectivity index (χ1n) is 14.6. The van der Waals surface area contributed by atoms with Gasteiger partial charge in [-0.2, -0.15) is 5.10 Å². The lowest BCUT2D eigenvalue weighted by Crippen LogP contribution is -2.52. The minimum Gasteiger partial charge on any atom is -0.490 e. The number of nitrogens with one attached hydrogen (secondary N) is 2. The van der Waals surface area contributed by atoms with Crippen LogP contribution in [0.3, 0.4) is 0 Å². The van der Waals surface area contributed by atoms with E-state index < -0.39 is 0 Å². The van der Waals surface area contributed by atoms with Gasteiger partial charge in [0.25, 0.3) is 5.91 Å². The fourth-order valence-electron chi connectivity index (χ4n) is 6.26. The van der Waals surface area contributed by atoms with E-state index in [2.05, 4.69) is 50.1 Å². The van der Waals surface area contributed by atoms with E-state index in [0.29, 0.717) is 18.2 Å². The first-order valence-corrected chi connectivity index (χ1v) is 15.5. The van der Waals surface area contributed by atoms with Crippen molar-refractivity contribution >= 4 is 28.1 Å². The lowest BCUT2D eigenvalue weighted by Gasteiger charge is -2.41. The highest BCUT2D eigenvalue weighted by atomic mass is 32.1. The summed E-state index contributed by atoms with van der Waals surface area (Å²) in [5, 5.41) is 14.0. The molecule has 0 aliphatic carbocycles. The van der Waals surface area contributed by atoms with Crippen LogP contribution in [-0.2, 0) is 14.9 Å². The second kappa shape index (κ2) is 11.6. The highest BCUT2D eigenvalue weighted by Crippen LogP contribution is 2.37. The summed E-state index contributed by atoms with van der Waals surface area (Å²) in [6.45, 7) is 5.90. The summed E-state index contributed by atoms with van der Waals surface area (Å²) in [5.74, 6) is 0.813. The number of piperidine rings is 1. The van der Waals surface area contributed by atoms with Crippen LogP contribution < -0.4 is 10.1 Å². The van der Waals surface area contributed by atoms with Crippen LogP contribution in [-0.4, -0.2) is 79.2 Å². The standard InChI is InChI=1S/C32H36N4O4S/c37-31(33-21-32(11-15-38-16-12-32)29-2-1-17-41-29)23-5-8-28-27(18-23)30(35-34-28)22-3-6-25(7-4-22)40-26-9-13-36(14-10-26)24-19-39-20-24/h1-8,17-18,24,26H,9-16,19-21H2,(H,33,37)(H,34,35). The molecule has 0 saturated carbocycles. The maximum atomic E-state index is 13.3. The van der Waals surface area contributed by atoms with Crippen LogP contribution in [0.2, 0.25) is 0 Å². The molecule has 2 aromatic heterocycles. The molecule has 0 atom stereocenters. The number of aromatic nitrogens is 2. The zero-order chi connectivity index (χ0) is 27.6. The number of hydrogen-bond acceptors (Lipinski definition) is 7. The first kappa shape index (κ1) is 26.6. The number of hydrogen-bond donors (Lipinski definition) is 2. The van der Waals surface area contributed by atoms with Crippen molar-refractivity contribution in [1.29, 1.82) is 0 Å². The summed E-state index contributed by atoms with van der Waals surface area (Å²) in [6.07, 6.45) is 4.14. The number of amides is 1. The minimum atomic E-state index is -0.0701. The average Bonchev–Trinajstić information content (AvgIpc) is 3.68. The molecular weight excluding hydrogens is 536 g/mol. The van der Waals surface area contributed by atoms with Gasteiger partial charge < -0.3 is 19.5 Å². The zero-order valence-corrected chi connectivity index (χ0v) is 24.0. The monoisotopic (exact) mass is 572 g/mol. The highest BCUT2D eigenvalue weighted by Gasteiger charge is 2.36. The molecule has 2 aromatic carbocycles. The number of carbonyl (C=O) groups is 1. The number of fused-ring (bicyclic) bond motifs is 1. The van der Waals surface area contributed by atoms with Gasteiger partial charge in [-0.25, -0.2) is 0 Å². The maximum absolute atomic E-state index is 13.3. The van der Waals surface area contributed by atoms with Crippen LogP contribution in [0, 0.1) is 0 Å². The van der Waals surface area contributed by atoms with Crippen LogP contribution in [0.4, 0.5) is 0 Å². The fraction of sp³-hybridized carbons (Fsp3) is 0.438. The first-order chi connectivity index (χ1) is 20.2. The SMILES string of the molecule is O=C(NCC1(c2cccs2)CCOCC1)c1ccc2[nH]nc(-c3ccc(OC4CCN(C5COC5)CC4)cc3)c2c1. The third-order valence-corrected chi connectivity index (χ3v) is 10.1. The van der Waals surface area contributed by atoms with Gasteiger partial charge in [-0.15, -0.1) is 11.3 Å². The van der Waals surface area contributed by atoms with Gasteiger partial charge in [0.05, 0.1) is 30.5 Å². The lowest BCUT2D eigenvalue weighted by molar-refractivity contribution is -0.0778. The van der Waals surface area contributed by atoms with E-state index in [1.165, 1.54) is 4.88 Å². The molecule has 9 heteroatoms. The molecule has 214 valence electrons. The molecule has 7 rings (SSSR count). The van der Waals surface area contributed by atoms with Crippen molar-refractivity contribution in [3.63, 3.8) is 0 Å². The van der Waals surface area contributed by atoms with E-state index in [9.17, 15) is 4.79 Å². The normalized spacial score (nSPS) is 20.1. The maximum Gasteiger partial charge on any atom is 0.251 e. The molecule has 3 aliphatic heterocycles. The van der Waals surface area contributed by atoms with E-state index in [-0.39, 0.29) is 17.4 Å². The largest absolute Gasteiger partial charge is 0.490 e. The fourth-order valence-corrected chi connectivity index (χ4v) is 7.24. The Balaban J connectivity index is 1.02. The summed E-state index contributed by atoms with van der Waals surface area (Å²) in [5.41, 5.74) is 3.28. The van der Waals surface area contributed by atoms with Crippen molar-refractivity contribution in [2.45, 2.75) is 43.2 Å². The number of nitrogens with zero attached hydrogens (tertiary/aromatic N) is 2. The van der Waals surface area contributed by atoms with Gasteiger partial charge in [0, 0.05) is 59.7 Å². The van der Waals surface area contributed by atoms with Gasteiger partial charge in [-0.1, -0.05) is 6.07 Å². The number of likely N-dealkylation sites (tertiary alicyclic amines) is 1. The Hall–Kier alpha value is -3.24. The van der Waals surface area contributed by atoms with Crippen molar-refractivity contribution in [3.8, 4) is 17.0 Å². The Bertz CT molecular complexity index is 1470. The number of carbonyl (C=O) groups excluding carboxylic acids is 1. The molecular formula is C32H36N4O4S. The Morgan fingerprint density at radius 2 is 1.88 bits per heavy atom. The van der Waals surface area contributed by atoms with Crippen LogP contribution in [0.1, 0.15) is 40.9 Å². The number of aromatic amines is 1. The van der Waals surface area contributed by atoms with Gasteiger partial charge in [-0.3, -0.25) is 14.8 Å².